The molecule has 30 heavy (non-hydrogen) atoms. The van der Waals surface area contributed by atoms with Crippen molar-refractivity contribution in [1.82, 2.24) is 9.21 Å². The normalized spacial score (nSPS) is 22.3. The summed E-state index contributed by atoms with van der Waals surface area (Å²) >= 11 is 0. The first-order chi connectivity index (χ1) is 14.2. The van der Waals surface area contributed by atoms with Crippen LogP contribution in [0.4, 0.5) is 4.39 Å². The average Bonchev–Trinajstić information content (AvgIpc) is 2.73. The number of halogens is 1. The molecule has 2 aromatic rings. The number of carbonyl (C=O) groups excluding carboxylic acids is 2. The fourth-order valence-corrected chi connectivity index (χ4v) is 5.30. The van der Waals surface area contributed by atoms with Gasteiger partial charge in [-0.05, 0) is 42.8 Å². The zero-order chi connectivity index (χ0) is 21.5. The van der Waals surface area contributed by atoms with Gasteiger partial charge in [0, 0.05) is 32.6 Å². The molecule has 0 aromatic heterocycles. The van der Waals surface area contributed by atoms with E-state index in [-0.39, 0.29) is 43.4 Å². The maximum absolute atomic E-state index is 13.1. The lowest BCUT2D eigenvalue weighted by molar-refractivity contribution is -0.152. The van der Waals surface area contributed by atoms with Crippen molar-refractivity contribution < 1.29 is 27.1 Å². The summed E-state index contributed by atoms with van der Waals surface area (Å²) in [4.78, 5) is 27.0. The summed E-state index contributed by atoms with van der Waals surface area (Å²) in [6.45, 7) is 2.14. The molecule has 2 heterocycles. The average molecular weight is 432 g/mol. The third-order valence-electron chi connectivity index (χ3n) is 5.51. The molecule has 1 amide bonds. The first-order valence-corrected chi connectivity index (χ1v) is 11.0. The number of esters is 1. The van der Waals surface area contributed by atoms with E-state index in [2.05, 4.69) is 0 Å². The molecule has 1 saturated heterocycles. The molecule has 9 heteroatoms. The van der Waals surface area contributed by atoms with Gasteiger partial charge in [0.25, 0.3) is 5.91 Å². The molecular formula is C21H21FN2O5S. The van der Waals surface area contributed by atoms with E-state index < -0.39 is 27.4 Å². The lowest BCUT2D eigenvalue weighted by Gasteiger charge is -2.40. The Morgan fingerprint density at radius 3 is 2.33 bits per heavy atom. The number of fused-ring (bicyclic) bond motifs is 1. The van der Waals surface area contributed by atoms with Gasteiger partial charge >= 0.3 is 5.97 Å². The zero-order valence-electron chi connectivity index (χ0n) is 16.4. The lowest BCUT2D eigenvalue weighted by Crippen LogP contribution is -2.58. The number of nitrogens with zero attached hydrogens (tertiary/aromatic N) is 2. The number of amides is 1. The van der Waals surface area contributed by atoms with E-state index in [1.165, 1.54) is 21.3 Å². The number of sulfonamides is 1. The Kier molecular flexibility index (Phi) is 5.11. The third kappa shape index (κ3) is 3.59. The van der Waals surface area contributed by atoms with E-state index in [4.69, 9.17) is 4.74 Å². The highest BCUT2D eigenvalue weighted by molar-refractivity contribution is 7.89. The second-order valence-corrected chi connectivity index (χ2v) is 9.54. The first kappa shape index (κ1) is 20.5. The van der Waals surface area contributed by atoms with Gasteiger partial charge in [0.15, 0.2) is 5.60 Å². The summed E-state index contributed by atoms with van der Waals surface area (Å²) in [6.07, 6.45) is 0.266. The SMILES string of the molecule is CC1(C(=O)N2CCN(S(=O)(=O)c3ccc(F)cc3)CC2)Cc2ccccc2C(=O)O1. The Balaban J connectivity index is 1.46. The highest BCUT2D eigenvalue weighted by Gasteiger charge is 2.45. The molecule has 2 aromatic carbocycles. The summed E-state index contributed by atoms with van der Waals surface area (Å²) in [5.41, 5.74) is -0.121. The van der Waals surface area contributed by atoms with Crippen molar-refractivity contribution in [2.75, 3.05) is 26.2 Å². The second kappa shape index (κ2) is 7.48. The van der Waals surface area contributed by atoms with E-state index in [0.29, 0.717) is 5.56 Å². The molecule has 0 saturated carbocycles. The van der Waals surface area contributed by atoms with Crippen molar-refractivity contribution >= 4 is 21.9 Å². The maximum Gasteiger partial charge on any atom is 0.339 e. The molecular weight excluding hydrogens is 411 g/mol. The maximum atomic E-state index is 13.1. The van der Waals surface area contributed by atoms with Crippen molar-refractivity contribution in [2.45, 2.75) is 23.8 Å². The fraction of sp³-hybridized carbons (Fsp3) is 0.333. The van der Waals surface area contributed by atoms with E-state index in [0.717, 1.165) is 17.7 Å². The fourth-order valence-electron chi connectivity index (χ4n) is 3.87. The zero-order valence-corrected chi connectivity index (χ0v) is 17.2. The van der Waals surface area contributed by atoms with E-state index in [9.17, 15) is 22.4 Å². The molecule has 0 spiro atoms. The van der Waals surface area contributed by atoms with Crippen LogP contribution in [0, 0.1) is 5.82 Å². The Morgan fingerprint density at radius 1 is 1.03 bits per heavy atom. The van der Waals surface area contributed by atoms with Crippen molar-refractivity contribution in [2.24, 2.45) is 0 Å². The summed E-state index contributed by atoms with van der Waals surface area (Å²) in [5.74, 6) is -1.39. The highest BCUT2D eigenvalue weighted by Crippen LogP contribution is 2.30. The van der Waals surface area contributed by atoms with Crippen molar-refractivity contribution in [1.29, 1.82) is 0 Å². The van der Waals surface area contributed by atoms with Gasteiger partial charge in [-0.2, -0.15) is 4.31 Å². The molecule has 7 nitrogen and oxygen atoms in total. The first-order valence-electron chi connectivity index (χ1n) is 9.57. The number of hydrogen-bond acceptors (Lipinski definition) is 5. The molecule has 0 radical (unpaired) electrons. The Labute approximate surface area is 174 Å². The van der Waals surface area contributed by atoms with Crippen LogP contribution in [0.25, 0.3) is 0 Å². The van der Waals surface area contributed by atoms with Crippen LogP contribution < -0.4 is 0 Å². The smallest absolute Gasteiger partial charge is 0.339 e. The van der Waals surface area contributed by atoms with Crippen LogP contribution >= 0.6 is 0 Å². The van der Waals surface area contributed by atoms with Crippen molar-refractivity contribution in [3.63, 3.8) is 0 Å². The van der Waals surface area contributed by atoms with Gasteiger partial charge < -0.3 is 9.64 Å². The number of carbonyl (C=O) groups is 2. The number of hydrogen-bond donors (Lipinski definition) is 0. The molecule has 1 atom stereocenters. The molecule has 2 aliphatic heterocycles. The number of benzene rings is 2. The minimum atomic E-state index is -3.77. The molecule has 0 aliphatic carbocycles. The Hall–Kier alpha value is -2.78. The van der Waals surface area contributed by atoms with Gasteiger partial charge in [0.1, 0.15) is 5.82 Å². The van der Waals surface area contributed by atoms with E-state index >= 15 is 0 Å². The van der Waals surface area contributed by atoms with E-state index in [1.54, 1.807) is 31.2 Å². The van der Waals surface area contributed by atoms with E-state index in [1.807, 2.05) is 0 Å². The van der Waals surface area contributed by atoms with Crippen LogP contribution in [-0.4, -0.2) is 61.3 Å². The predicted octanol–water partition coefficient (Wildman–Crippen LogP) is 1.83. The molecule has 4 rings (SSSR count). The van der Waals surface area contributed by atoms with Crippen molar-refractivity contribution in [3.05, 3.63) is 65.5 Å². The third-order valence-corrected chi connectivity index (χ3v) is 7.43. The molecule has 0 bridgehead atoms. The van der Waals surface area contributed by atoms with Gasteiger partial charge in [-0.1, -0.05) is 18.2 Å². The van der Waals surface area contributed by atoms with Crippen LogP contribution in [0.1, 0.15) is 22.8 Å². The van der Waals surface area contributed by atoms with Crippen LogP contribution in [-0.2, 0) is 26.0 Å². The monoisotopic (exact) mass is 432 g/mol. The molecule has 0 N–H and O–H groups in total. The lowest BCUT2D eigenvalue weighted by atomic mass is 9.89. The van der Waals surface area contributed by atoms with Crippen LogP contribution in [0.3, 0.4) is 0 Å². The molecule has 1 fully saturated rings. The van der Waals surface area contributed by atoms with Crippen molar-refractivity contribution in [3.8, 4) is 0 Å². The number of cyclic esters (lactones) is 1. The van der Waals surface area contributed by atoms with Gasteiger partial charge in [-0.15, -0.1) is 0 Å². The minimum Gasteiger partial charge on any atom is -0.445 e. The predicted molar refractivity (Wildman–Crippen MR) is 106 cm³/mol. The molecule has 158 valence electrons. The number of piperazine rings is 1. The minimum absolute atomic E-state index is 0.00783. The largest absolute Gasteiger partial charge is 0.445 e. The van der Waals surface area contributed by atoms with Crippen LogP contribution in [0.2, 0.25) is 0 Å². The van der Waals surface area contributed by atoms with Gasteiger partial charge in [-0.3, -0.25) is 4.79 Å². The molecule has 2 aliphatic rings. The quantitative estimate of drug-likeness (QED) is 0.691. The summed E-state index contributed by atoms with van der Waals surface area (Å²) < 4.78 is 45.4. The van der Waals surface area contributed by atoms with Crippen LogP contribution in [0.5, 0.6) is 0 Å². The highest BCUT2D eigenvalue weighted by atomic mass is 32.2. The standard InChI is InChI=1S/C21H21FN2O5S/c1-21(14-15-4-2-3-5-18(15)19(25)29-21)20(26)23-10-12-24(13-11-23)30(27,28)17-8-6-16(22)7-9-17/h2-9H,10-14H2,1H3. The summed E-state index contributed by atoms with van der Waals surface area (Å²) in [5, 5.41) is 0. The Bertz CT molecular complexity index is 1090. The van der Waals surface area contributed by atoms with Gasteiger partial charge in [-0.25, -0.2) is 17.6 Å². The van der Waals surface area contributed by atoms with Gasteiger partial charge in [0.05, 0.1) is 10.5 Å². The molecule has 1 unspecified atom stereocenters. The number of ether oxygens (including phenoxy) is 1. The Morgan fingerprint density at radius 2 is 1.67 bits per heavy atom. The van der Waals surface area contributed by atoms with Gasteiger partial charge in [0.2, 0.25) is 10.0 Å². The summed E-state index contributed by atoms with van der Waals surface area (Å²) in [7, 11) is -3.77. The summed E-state index contributed by atoms with van der Waals surface area (Å²) in [6, 6.07) is 11.7. The second-order valence-electron chi connectivity index (χ2n) is 7.60. The topological polar surface area (TPSA) is 84.0 Å². The van der Waals surface area contributed by atoms with Crippen LogP contribution in [0.15, 0.2) is 53.4 Å². The number of rotatable bonds is 3.